The van der Waals surface area contributed by atoms with Crippen LogP contribution in [0.25, 0.3) is 0 Å². The first-order valence-electron chi connectivity index (χ1n) is 10.8. The third kappa shape index (κ3) is 4.23. The third-order valence-electron chi connectivity index (χ3n) is 6.04. The molecule has 0 radical (unpaired) electrons. The Morgan fingerprint density at radius 2 is 1.85 bits per heavy atom. The Hall–Kier alpha value is -3.26. The van der Waals surface area contributed by atoms with Crippen LogP contribution < -0.4 is 11.1 Å². The summed E-state index contributed by atoms with van der Waals surface area (Å²) in [5.74, 6) is 1.09. The van der Waals surface area contributed by atoms with Crippen molar-refractivity contribution in [2.45, 2.75) is 43.5 Å². The van der Waals surface area contributed by atoms with Gasteiger partial charge in [0.25, 0.3) is 0 Å². The number of pyridine rings is 1. The predicted octanol–water partition coefficient (Wildman–Crippen LogP) is 5.09. The molecule has 0 spiro atoms. The van der Waals surface area contributed by atoms with Crippen molar-refractivity contribution in [3.63, 3.8) is 0 Å². The fourth-order valence-electron chi connectivity index (χ4n) is 4.60. The number of carbonyl (C=O) groups is 1. The number of nitrogens with zero attached hydrogens (tertiary/aromatic N) is 3. The van der Waals surface area contributed by atoms with Crippen LogP contribution in [-0.4, -0.2) is 20.7 Å². The van der Waals surface area contributed by atoms with Gasteiger partial charge in [0.2, 0.25) is 0 Å². The molecule has 33 heavy (non-hydrogen) atoms. The number of benzene rings is 1. The molecule has 2 aliphatic rings. The van der Waals surface area contributed by atoms with E-state index in [1.165, 1.54) is 23.9 Å². The molecule has 3 heterocycles. The number of Topliss-reactive ketones (excluding diaryl/α,β-unsaturated/α-hetero) is 1. The number of halogens is 1. The normalized spacial score (nSPS) is 19.0. The minimum absolute atomic E-state index is 0.121. The first kappa shape index (κ1) is 21.6. The summed E-state index contributed by atoms with van der Waals surface area (Å²) in [4.78, 5) is 26.7. The minimum Gasteiger partial charge on any atom is -0.383 e. The molecule has 0 fully saturated rings. The number of aromatic nitrogens is 3. The number of carbonyl (C=O) groups excluding carboxylic acids is 1. The summed E-state index contributed by atoms with van der Waals surface area (Å²) in [6, 6.07) is 10.2. The van der Waals surface area contributed by atoms with E-state index in [2.05, 4.69) is 29.1 Å². The molecule has 0 amide bonds. The van der Waals surface area contributed by atoms with Crippen LogP contribution in [0.15, 0.2) is 65.2 Å². The van der Waals surface area contributed by atoms with Crippen LogP contribution in [0.5, 0.6) is 0 Å². The number of nitrogen functional groups attached to an aromatic ring is 1. The second-order valence-electron chi connectivity index (χ2n) is 9.24. The maximum Gasteiger partial charge on any atom is 0.191 e. The maximum atomic E-state index is 13.3. The topological polar surface area (TPSA) is 93.8 Å². The zero-order chi connectivity index (χ0) is 23.2. The summed E-state index contributed by atoms with van der Waals surface area (Å²) in [6.45, 7) is 4.21. The first-order chi connectivity index (χ1) is 15.8. The molecule has 1 aliphatic heterocycles. The van der Waals surface area contributed by atoms with Gasteiger partial charge in [0, 0.05) is 47.3 Å². The van der Waals surface area contributed by atoms with Gasteiger partial charge in [-0.25, -0.2) is 14.4 Å². The minimum atomic E-state index is -0.334. The fourth-order valence-corrected chi connectivity index (χ4v) is 5.40. The Balaban J connectivity index is 1.55. The molecular formula is C25H24FN5OS. The monoisotopic (exact) mass is 461 g/mol. The molecule has 3 N–H and O–H groups in total. The van der Waals surface area contributed by atoms with E-state index in [1.54, 1.807) is 24.5 Å². The second-order valence-corrected chi connectivity index (χ2v) is 10.2. The zero-order valence-corrected chi connectivity index (χ0v) is 19.2. The molecule has 8 heteroatoms. The highest BCUT2D eigenvalue weighted by atomic mass is 32.2. The van der Waals surface area contributed by atoms with E-state index in [-0.39, 0.29) is 22.9 Å². The number of allylic oxidation sites excluding steroid dienone is 2. The van der Waals surface area contributed by atoms with E-state index in [0.717, 1.165) is 34.4 Å². The highest BCUT2D eigenvalue weighted by molar-refractivity contribution is 7.98. The van der Waals surface area contributed by atoms with Gasteiger partial charge in [0.1, 0.15) is 17.5 Å². The van der Waals surface area contributed by atoms with Gasteiger partial charge in [-0.15, -0.1) is 0 Å². The number of fused-ring (bicyclic) bond motifs is 1. The van der Waals surface area contributed by atoms with E-state index >= 15 is 0 Å². The van der Waals surface area contributed by atoms with Crippen LogP contribution in [0.2, 0.25) is 0 Å². The van der Waals surface area contributed by atoms with E-state index in [4.69, 9.17) is 10.7 Å². The summed E-state index contributed by atoms with van der Waals surface area (Å²) in [5, 5.41) is 3.95. The molecule has 1 atom stereocenters. The Morgan fingerprint density at radius 3 is 2.58 bits per heavy atom. The lowest BCUT2D eigenvalue weighted by Gasteiger charge is -2.39. The van der Waals surface area contributed by atoms with Crippen LogP contribution in [0.1, 0.15) is 49.3 Å². The lowest BCUT2D eigenvalue weighted by molar-refractivity contribution is -0.118. The number of hydrogen-bond acceptors (Lipinski definition) is 7. The molecule has 1 unspecified atom stereocenters. The van der Waals surface area contributed by atoms with E-state index in [0.29, 0.717) is 29.0 Å². The van der Waals surface area contributed by atoms with Gasteiger partial charge < -0.3 is 11.1 Å². The number of rotatable bonds is 4. The van der Waals surface area contributed by atoms with E-state index < -0.39 is 0 Å². The van der Waals surface area contributed by atoms with Crippen LogP contribution in [0.3, 0.4) is 0 Å². The van der Waals surface area contributed by atoms with Crippen molar-refractivity contribution in [3.05, 3.63) is 82.6 Å². The van der Waals surface area contributed by atoms with Crippen LogP contribution in [0, 0.1) is 11.2 Å². The maximum absolute atomic E-state index is 13.3. The fraction of sp³-hybridized carbons (Fsp3) is 0.280. The molecule has 2 aromatic heterocycles. The number of nitrogens with two attached hydrogens (primary N) is 1. The van der Waals surface area contributed by atoms with Crippen molar-refractivity contribution in [2.75, 3.05) is 11.1 Å². The smallest absolute Gasteiger partial charge is 0.191 e. The predicted molar refractivity (Wildman–Crippen MR) is 127 cm³/mol. The van der Waals surface area contributed by atoms with Crippen molar-refractivity contribution < 1.29 is 9.18 Å². The standard InChI is InChI=1S/C25H24FN5OS/c1-25(2)11-17-20(18(32)12-25)19(15-7-9-28-10-8-15)21-22(27)30-24(31-23(21)29-17)33-13-14-3-5-16(26)6-4-14/h3-10,19H,11-13H2,1-2H3,(H3,27,29,30,31). The Bertz CT molecular complexity index is 1260. The number of thioether (sulfide) groups is 1. The lowest BCUT2D eigenvalue weighted by atomic mass is 9.69. The summed E-state index contributed by atoms with van der Waals surface area (Å²) in [7, 11) is 0. The van der Waals surface area contributed by atoms with Crippen molar-refractivity contribution >= 4 is 29.2 Å². The lowest BCUT2D eigenvalue weighted by Crippen LogP contribution is -2.34. The van der Waals surface area contributed by atoms with Gasteiger partial charge in [0.15, 0.2) is 10.9 Å². The summed E-state index contributed by atoms with van der Waals surface area (Å²) < 4.78 is 13.2. The molecule has 5 rings (SSSR count). The molecule has 1 aliphatic carbocycles. The zero-order valence-electron chi connectivity index (χ0n) is 18.4. The highest BCUT2D eigenvalue weighted by Gasteiger charge is 2.42. The first-order valence-corrected chi connectivity index (χ1v) is 11.8. The average Bonchev–Trinajstić information content (AvgIpc) is 2.77. The average molecular weight is 462 g/mol. The highest BCUT2D eigenvalue weighted by Crippen LogP contribution is 2.50. The Labute approximate surface area is 195 Å². The van der Waals surface area contributed by atoms with Crippen LogP contribution >= 0.6 is 11.8 Å². The van der Waals surface area contributed by atoms with Gasteiger partial charge in [-0.1, -0.05) is 37.7 Å². The van der Waals surface area contributed by atoms with Gasteiger partial charge in [-0.2, -0.15) is 0 Å². The SMILES string of the molecule is CC1(C)CC(=O)C2=C(C1)Nc1nc(SCc3ccc(F)cc3)nc(N)c1C2c1ccncc1. The number of nitrogens with one attached hydrogen (secondary N) is 1. The van der Waals surface area contributed by atoms with Gasteiger partial charge in [0.05, 0.1) is 0 Å². The van der Waals surface area contributed by atoms with Crippen LogP contribution in [0.4, 0.5) is 16.0 Å². The quantitative estimate of drug-likeness (QED) is 0.413. The number of ketones is 1. The van der Waals surface area contributed by atoms with Crippen molar-refractivity contribution in [1.82, 2.24) is 15.0 Å². The van der Waals surface area contributed by atoms with Crippen molar-refractivity contribution in [3.8, 4) is 0 Å². The molecule has 0 saturated carbocycles. The summed E-state index contributed by atoms with van der Waals surface area (Å²) >= 11 is 1.44. The van der Waals surface area contributed by atoms with Crippen molar-refractivity contribution in [2.24, 2.45) is 5.41 Å². The second kappa shape index (κ2) is 8.26. The number of hydrogen-bond donors (Lipinski definition) is 2. The molecular weight excluding hydrogens is 437 g/mol. The molecule has 6 nitrogen and oxygen atoms in total. The van der Waals surface area contributed by atoms with Crippen molar-refractivity contribution in [1.29, 1.82) is 0 Å². The molecule has 0 saturated heterocycles. The largest absolute Gasteiger partial charge is 0.383 e. The third-order valence-corrected chi connectivity index (χ3v) is 6.96. The summed E-state index contributed by atoms with van der Waals surface area (Å²) in [5.41, 5.74) is 10.6. The number of anilines is 2. The van der Waals surface area contributed by atoms with Crippen LogP contribution in [-0.2, 0) is 10.5 Å². The van der Waals surface area contributed by atoms with E-state index in [9.17, 15) is 9.18 Å². The molecule has 168 valence electrons. The van der Waals surface area contributed by atoms with Gasteiger partial charge in [-0.3, -0.25) is 9.78 Å². The molecule has 0 bridgehead atoms. The summed E-state index contributed by atoms with van der Waals surface area (Å²) in [6.07, 6.45) is 4.67. The Kier molecular flexibility index (Phi) is 5.40. The molecule has 1 aromatic carbocycles. The molecule has 3 aromatic rings. The van der Waals surface area contributed by atoms with Gasteiger partial charge >= 0.3 is 0 Å². The Morgan fingerprint density at radius 1 is 1.12 bits per heavy atom. The van der Waals surface area contributed by atoms with Gasteiger partial charge in [-0.05, 0) is 47.2 Å². The van der Waals surface area contributed by atoms with E-state index in [1.807, 2.05) is 12.1 Å².